The minimum Gasteiger partial charge on any atom is -0.497 e. The number of fused-ring (bicyclic) bond motifs is 1. The maximum Gasteiger partial charge on any atom is 0.331 e. The number of carboxylic acid groups (broad SMARTS) is 1. The number of methoxy groups -OCH3 is 1. The SMILES string of the molecule is COc1ccc2c(c1)C/C(=C(\C)C(=O)O)CC2. The summed E-state index contributed by atoms with van der Waals surface area (Å²) in [6, 6.07) is 6.03. The molecule has 1 aromatic rings. The van der Waals surface area contributed by atoms with E-state index in [4.69, 9.17) is 9.84 Å². The lowest BCUT2D eigenvalue weighted by Crippen LogP contribution is -2.10. The molecule has 1 N–H and O–H groups in total. The van der Waals surface area contributed by atoms with Crippen LogP contribution in [0.25, 0.3) is 0 Å². The number of ether oxygens (including phenoxy) is 1. The van der Waals surface area contributed by atoms with Crippen molar-refractivity contribution in [1.82, 2.24) is 0 Å². The first kappa shape index (κ1) is 11.7. The summed E-state index contributed by atoms with van der Waals surface area (Å²) in [5.41, 5.74) is 4.00. The fourth-order valence-electron chi connectivity index (χ4n) is 2.21. The smallest absolute Gasteiger partial charge is 0.331 e. The van der Waals surface area contributed by atoms with Crippen LogP contribution in [0.4, 0.5) is 0 Å². The molecule has 3 nitrogen and oxygen atoms in total. The van der Waals surface area contributed by atoms with Gasteiger partial charge in [0.15, 0.2) is 0 Å². The van der Waals surface area contributed by atoms with Gasteiger partial charge in [-0.05, 0) is 49.4 Å². The van der Waals surface area contributed by atoms with E-state index in [0.29, 0.717) is 5.57 Å². The van der Waals surface area contributed by atoms with Gasteiger partial charge in [-0.15, -0.1) is 0 Å². The standard InChI is InChI=1S/C14H16O3/c1-9(14(15)16)11-4-3-10-5-6-13(17-2)8-12(10)7-11/h5-6,8H,3-4,7H2,1-2H3,(H,15,16)/b11-9+. The summed E-state index contributed by atoms with van der Waals surface area (Å²) in [6.45, 7) is 1.68. The van der Waals surface area contributed by atoms with Crippen molar-refractivity contribution in [3.05, 3.63) is 40.5 Å². The zero-order chi connectivity index (χ0) is 12.4. The minimum absolute atomic E-state index is 0.485. The van der Waals surface area contributed by atoms with Gasteiger partial charge >= 0.3 is 5.97 Å². The van der Waals surface area contributed by atoms with E-state index in [1.165, 1.54) is 11.1 Å². The van der Waals surface area contributed by atoms with Crippen molar-refractivity contribution in [3.63, 3.8) is 0 Å². The second-order valence-corrected chi connectivity index (χ2v) is 4.35. The maximum atomic E-state index is 11.0. The number of aliphatic carboxylic acids is 1. The first-order valence-electron chi connectivity index (χ1n) is 5.69. The van der Waals surface area contributed by atoms with Gasteiger partial charge in [0.2, 0.25) is 0 Å². The minimum atomic E-state index is -0.814. The van der Waals surface area contributed by atoms with Crippen LogP contribution in [0.5, 0.6) is 5.75 Å². The lowest BCUT2D eigenvalue weighted by molar-refractivity contribution is -0.132. The molecule has 0 saturated heterocycles. The van der Waals surface area contributed by atoms with Crippen LogP contribution in [-0.4, -0.2) is 18.2 Å². The molecule has 1 aromatic carbocycles. The molecule has 0 saturated carbocycles. The number of hydrogen-bond acceptors (Lipinski definition) is 2. The number of hydrogen-bond donors (Lipinski definition) is 1. The summed E-state index contributed by atoms with van der Waals surface area (Å²) in [6.07, 6.45) is 2.49. The molecule has 0 aromatic heterocycles. The molecule has 1 aliphatic rings. The fraction of sp³-hybridized carbons (Fsp3) is 0.357. The molecule has 1 aliphatic carbocycles. The van der Waals surface area contributed by atoms with Gasteiger partial charge in [-0.3, -0.25) is 0 Å². The van der Waals surface area contributed by atoms with Crippen molar-refractivity contribution in [3.8, 4) is 5.75 Å². The molecule has 2 rings (SSSR count). The predicted octanol–water partition coefficient (Wildman–Crippen LogP) is 2.59. The Bertz CT molecular complexity index is 486. The third-order valence-electron chi connectivity index (χ3n) is 3.36. The summed E-state index contributed by atoms with van der Waals surface area (Å²) >= 11 is 0. The van der Waals surface area contributed by atoms with Crippen molar-refractivity contribution in [2.75, 3.05) is 7.11 Å². The largest absolute Gasteiger partial charge is 0.497 e. The van der Waals surface area contributed by atoms with E-state index in [-0.39, 0.29) is 0 Å². The van der Waals surface area contributed by atoms with Gasteiger partial charge in [0, 0.05) is 5.57 Å². The van der Waals surface area contributed by atoms with Crippen LogP contribution in [0.3, 0.4) is 0 Å². The average Bonchev–Trinajstić information content (AvgIpc) is 2.36. The normalized spacial score (nSPS) is 17.3. The fourth-order valence-corrected chi connectivity index (χ4v) is 2.21. The molecule has 0 radical (unpaired) electrons. The highest BCUT2D eigenvalue weighted by Crippen LogP contribution is 2.29. The van der Waals surface area contributed by atoms with Gasteiger partial charge in [-0.2, -0.15) is 0 Å². The number of allylic oxidation sites excluding steroid dienone is 1. The van der Waals surface area contributed by atoms with Crippen molar-refractivity contribution >= 4 is 5.97 Å². The highest BCUT2D eigenvalue weighted by molar-refractivity contribution is 5.87. The Hall–Kier alpha value is -1.77. The molecule has 0 amide bonds. The van der Waals surface area contributed by atoms with Crippen LogP contribution in [0.15, 0.2) is 29.3 Å². The summed E-state index contributed by atoms with van der Waals surface area (Å²) in [5, 5.41) is 9.00. The Morgan fingerprint density at radius 3 is 2.71 bits per heavy atom. The van der Waals surface area contributed by atoms with E-state index in [0.717, 1.165) is 30.6 Å². The van der Waals surface area contributed by atoms with Gasteiger partial charge in [0.05, 0.1) is 7.11 Å². The Morgan fingerprint density at radius 1 is 1.29 bits per heavy atom. The van der Waals surface area contributed by atoms with E-state index in [9.17, 15) is 4.79 Å². The van der Waals surface area contributed by atoms with Crippen LogP contribution in [0.2, 0.25) is 0 Å². The second-order valence-electron chi connectivity index (χ2n) is 4.35. The average molecular weight is 232 g/mol. The maximum absolute atomic E-state index is 11.0. The Labute approximate surface area is 101 Å². The second kappa shape index (κ2) is 4.62. The summed E-state index contributed by atoms with van der Waals surface area (Å²) < 4.78 is 5.19. The summed E-state index contributed by atoms with van der Waals surface area (Å²) in [7, 11) is 1.64. The van der Waals surface area contributed by atoms with Gasteiger partial charge in [0.1, 0.15) is 5.75 Å². The van der Waals surface area contributed by atoms with Crippen LogP contribution >= 0.6 is 0 Å². The molecule has 0 fully saturated rings. The number of rotatable bonds is 2. The predicted molar refractivity (Wildman–Crippen MR) is 65.4 cm³/mol. The lowest BCUT2D eigenvalue weighted by Gasteiger charge is -2.20. The monoisotopic (exact) mass is 232 g/mol. The van der Waals surface area contributed by atoms with Gasteiger partial charge in [0.25, 0.3) is 0 Å². The van der Waals surface area contributed by atoms with E-state index >= 15 is 0 Å². The van der Waals surface area contributed by atoms with Crippen LogP contribution < -0.4 is 4.74 Å². The van der Waals surface area contributed by atoms with Crippen LogP contribution in [0.1, 0.15) is 24.5 Å². The van der Waals surface area contributed by atoms with Crippen molar-refractivity contribution < 1.29 is 14.6 Å². The number of benzene rings is 1. The molecule has 0 unspecified atom stereocenters. The molecular formula is C14H16O3. The molecule has 0 aliphatic heterocycles. The van der Waals surface area contributed by atoms with E-state index in [1.807, 2.05) is 12.1 Å². The lowest BCUT2D eigenvalue weighted by atomic mass is 9.86. The Balaban J connectivity index is 2.35. The molecule has 0 spiro atoms. The van der Waals surface area contributed by atoms with E-state index in [1.54, 1.807) is 14.0 Å². The summed E-state index contributed by atoms with van der Waals surface area (Å²) in [4.78, 5) is 11.0. The zero-order valence-electron chi connectivity index (χ0n) is 10.1. The van der Waals surface area contributed by atoms with E-state index in [2.05, 4.69) is 6.07 Å². The molecule has 0 bridgehead atoms. The number of aryl methyl sites for hydroxylation is 1. The highest BCUT2D eigenvalue weighted by atomic mass is 16.5. The number of carboxylic acids is 1. The molecule has 0 atom stereocenters. The third-order valence-corrected chi connectivity index (χ3v) is 3.36. The molecule has 0 heterocycles. The quantitative estimate of drug-likeness (QED) is 0.797. The van der Waals surface area contributed by atoms with Gasteiger partial charge in [-0.25, -0.2) is 4.79 Å². The zero-order valence-corrected chi connectivity index (χ0v) is 10.1. The van der Waals surface area contributed by atoms with E-state index < -0.39 is 5.97 Å². The highest BCUT2D eigenvalue weighted by Gasteiger charge is 2.17. The van der Waals surface area contributed by atoms with Gasteiger partial charge < -0.3 is 9.84 Å². The van der Waals surface area contributed by atoms with Crippen molar-refractivity contribution in [1.29, 1.82) is 0 Å². The summed E-state index contributed by atoms with van der Waals surface area (Å²) in [5.74, 6) is 0.0179. The Kier molecular flexibility index (Phi) is 3.18. The third kappa shape index (κ3) is 2.33. The first-order valence-corrected chi connectivity index (χ1v) is 5.69. The molecule has 17 heavy (non-hydrogen) atoms. The molecule has 3 heteroatoms. The topological polar surface area (TPSA) is 46.5 Å². The van der Waals surface area contributed by atoms with Gasteiger partial charge in [-0.1, -0.05) is 11.6 Å². The number of carbonyl (C=O) groups is 1. The van der Waals surface area contributed by atoms with Crippen molar-refractivity contribution in [2.24, 2.45) is 0 Å². The Morgan fingerprint density at radius 2 is 2.06 bits per heavy atom. The van der Waals surface area contributed by atoms with Crippen molar-refractivity contribution in [2.45, 2.75) is 26.2 Å². The first-order chi connectivity index (χ1) is 8.11. The molecular weight excluding hydrogens is 216 g/mol. The molecule has 90 valence electrons. The van der Waals surface area contributed by atoms with Crippen LogP contribution in [-0.2, 0) is 17.6 Å². The van der Waals surface area contributed by atoms with Crippen LogP contribution in [0, 0.1) is 0 Å².